The normalized spacial score (nSPS) is 27.8. The van der Waals surface area contributed by atoms with Crippen LogP contribution in [0.25, 0.3) is 6.08 Å². The highest BCUT2D eigenvalue weighted by Crippen LogP contribution is 2.24. The van der Waals surface area contributed by atoms with Crippen molar-refractivity contribution in [2.45, 2.75) is 18.9 Å². The van der Waals surface area contributed by atoms with Gasteiger partial charge in [0.05, 0.1) is 0 Å². The smallest absolute Gasteiger partial charge is 0.123 e. The lowest BCUT2D eigenvalue weighted by Crippen LogP contribution is -2.43. The van der Waals surface area contributed by atoms with Crippen LogP contribution in [0.5, 0.6) is 0 Å². The Kier molecular flexibility index (Phi) is 3.95. The summed E-state index contributed by atoms with van der Waals surface area (Å²) in [6.45, 7) is 4.52. The molecule has 1 aromatic carbocycles. The molecule has 0 aliphatic carbocycles. The molecule has 0 spiro atoms. The van der Waals surface area contributed by atoms with Gasteiger partial charge >= 0.3 is 0 Å². The molecule has 2 bridgehead atoms. The van der Waals surface area contributed by atoms with Crippen LogP contribution in [0.1, 0.15) is 18.4 Å². The molecule has 19 heavy (non-hydrogen) atoms. The van der Waals surface area contributed by atoms with E-state index in [2.05, 4.69) is 22.4 Å². The van der Waals surface area contributed by atoms with Crippen molar-refractivity contribution in [3.05, 3.63) is 41.7 Å². The summed E-state index contributed by atoms with van der Waals surface area (Å²) in [7, 11) is 0. The first kappa shape index (κ1) is 12.8. The number of fused-ring (bicyclic) bond motifs is 4. The van der Waals surface area contributed by atoms with Crippen LogP contribution in [0.15, 0.2) is 30.3 Å². The quantitative estimate of drug-likeness (QED) is 0.898. The van der Waals surface area contributed by atoms with Crippen LogP contribution in [-0.2, 0) is 0 Å². The zero-order valence-electron chi connectivity index (χ0n) is 11.2. The maximum Gasteiger partial charge on any atom is 0.123 e. The number of nitrogens with zero attached hydrogens (tertiary/aromatic N) is 1. The van der Waals surface area contributed by atoms with Gasteiger partial charge in [-0.3, -0.25) is 4.90 Å². The lowest BCUT2D eigenvalue weighted by molar-refractivity contribution is 0.150. The van der Waals surface area contributed by atoms with Gasteiger partial charge < -0.3 is 5.32 Å². The van der Waals surface area contributed by atoms with Crippen molar-refractivity contribution < 1.29 is 4.39 Å². The maximum atomic E-state index is 12.8. The highest BCUT2D eigenvalue weighted by Gasteiger charge is 2.30. The number of rotatable bonds is 3. The van der Waals surface area contributed by atoms with E-state index in [0.717, 1.165) is 24.6 Å². The Hall–Kier alpha value is -1.19. The fourth-order valence-corrected chi connectivity index (χ4v) is 3.16. The molecule has 0 amide bonds. The van der Waals surface area contributed by atoms with Crippen LogP contribution in [-0.4, -0.2) is 37.1 Å². The van der Waals surface area contributed by atoms with Crippen LogP contribution < -0.4 is 5.32 Å². The first-order chi connectivity index (χ1) is 9.31. The summed E-state index contributed by atoms with van der Waals surface area (Å²) in [5.74, 6) is 0.644. The third-order valence-corrected chi connectivity index (χ3v) is 4.25. The van der Waals surface area contributed by atoms with Crippen molar-refractivity contribution >= 4 is 6.08 Å². The van der Waals surface area contributed by atoms with Gasteiger partial charge in [0.1, 0.15) is 5.82 Å². The summed E-state index contributed by atoms with van der Waals surface area (Å²) in [5, 5.41) is 3.55. The summed E-state index contributed by atoms with van der Waals surface area (Å²) in [6, 6.07) is 7.36. The topological polar surface area (TPSA) is 15.3 Å². The molecule has 3 fully saturated rings. The summed E-state index contributed by atoms with van der Waals surface area (Å²) < 4.78 is 12.8. The molecule has 0 radical (unpaired) electrons. The first-order valence-electron chi connectivity index (χ1n) is 7.18. The van der Waals surface area contributed by atoms with E-state index in [1.165, 1.54) is 38.1 Å². The fourth-order valence-electron chi connectivity index (χ4n) is 3.16. The van der Waals surface area contributed by atoms with Crippen molar-refractivity contribution in [3.63, 3.8) is 0 Å². The van der Waals surface area contributed by atoms with E-state index in [1.54, 1.807) is 0 Å². The van der Waals surface area contributed by atoms with E-state index in [9.17, 15) is 4.39 Å². The van der Waals surface area contributed by atoms with Gasteiger partial charge in [-0.25, -0.2) is 4.39 Å². The van der Waals surface area contributed by atoms with Crippen molar-refractivity contribution in [3.8, 4) is 0 Å². The van der Waals surface area contributed by atoms with Crippen LogP contribution in [0, 0.1) is 11.7 Å². The zero-order chi connectivity index (χ0) is 13.1. The molecule has 3 aliphatic heterocycles. The predicted molar refractivity (Wildman–Crippen MR) is 76.4 cm³/mol. The van der Waals surface area contributed by atoms with Crippen molar-refractivity contribution in [2.24, 2.45) is 5.92 Å². The van der Waals surface area contributed by atoms with E-state index >= 15 is 0 Å². The minimum absolute atomic E-state index is 0.173. The van der Waals surface area contributed by atoms with Gasteiger partial charge in [0.15, 0.2) is 0 Å². The average Bonchev–Trinajstić information content (AvgIpc) is 2.76. The average molecular weight is 260 g/mol. The maximum absolute atomic E-state index is 12.8. The molecular weight excluding hydrogens is 239 g/mol. The molecule has 102 valence electrons. The van der Waals surface area contributed by atoms with Gasteiger partial charge in [0.25, 0.3) is 0 Å². The second-order valence-corrected chi connectivity index (χ2v) is 5.66. The van der Waals surface area contributed by atoms with Crippen molar-refractivity contribution in [2.75, 3.05) is 26.2 Å². The minimum Gasteiger partial charge on any atom is -0.315 e. The molecule has 0 saturated carbocycles. The first-order valence-corrected chi connectivity index (χ1v) is 7.18. The fraction of sp³-hybridized carbons (Fsp3) is 0.500. The predicted octanol–water partition coefficient (Wildman–Crippen LogP) is 2.52. The number of nitrogens with one attached hydrogen (secondary N) is 1. The monoisotopic (exact) mass is 260 g/mol. The van der Waals surface area contributed by atoms with Gasteiger partial charge in [-0.1, -0.05) is 24.3 Å². The molecule has 3 saturated heterocycles. The van der Waals surface area contributed by atoms with Crippen LogP contribution in [0.4, 0.5) is 4.39 Å². The number of hydrogen-bond donors (Lipinski definition) is 1. The van der Waals surface area contributed by atoms with Gasteiger partial charge in [-0.05, 0) is 43.0 Å². The lowest BCUT2D eigenvalue weighted by Gasteiger charge is -2.35. The van der Waals surface area contributed by atoms with Gasteiger partial charge in [-0.15, -0.1) is 0 Å². The molecule has 2 nitrogen and oxygen atoms in total. The molecule has 3 heterocycles. The molecule has 2 atom stereocenters. The van der Waals surface area contributed by atoms with Gasteiger partial charge in [0, 0.05) is 25.7 Å². The second-order valence-electron chi connectivity index (χ2n) is 5.66. The van der Waals surface area contributed by atoms with Crippen LogP contribution in [0.3, 0.4) is 0 Å². The molecular formula is C16H21FN2. The largest absolute Gasteiger partial charge is 0.315 e. The lowest BCUT2D eigenvalue weighted by atomic mass is 9.95. The Morgan fingerprint density at radius 2 is 2.05 bits per heavy atom. The highest BCUT2D eigenvalue weighted by molar-refractivity contribution is 5.48. The molecule has 1 aromatic rings. The van der Waals surface area contributed by atoms with Crippen LogP contribution >= 0.6 is 0 Å². The minimum atomic E-state index is -0.173. The molecule has 3 heteroatoms. The van der Waals surface area contributed by atoms with Crippen molar-refractivity contribution in [1.29, 1.82) is 0 Å². The Labute approximate surface area is 114 Å². The summed E-state index contributed by atoms with van der Waals surface area (Å²) in [4.78, 5) is 2.58. The Morgan fingerprint density at radius 1 is 1.21 bits per heavy atom. The number of piperidine rings is 1. The van der Waals surface area contributed by atoms with E-state index in [1.807, 2.05) is 12.1 Å². The molecule has 3 aliphatic rings. The number of hydrogen-bond acceptors (Lipinski definition) is 2. The van der Waals surface area contributed by atoms with E-state index in [4.69, 9.17) is 0 Å². The standard InChI is InChI=1S/C16H21FN2/c17-15-6-3-13(4-7-15)2-1-9-19-12-14-5-8-16(19)11-18-10-14/h1-4,6-7,14,16,18H,5,8-12H2/b2-1+/t14-,16+/m1/s1. The van der Waals surface area contributed by atoms with E-state index in [0.29, 0.717) is 6.04 Å². The summed E-state index contributed by atoms with van der Waals surface area (Å²) in [6.07, 6.45) is 6.98. The number of halogens is 1. The third-order valence-electron chi connectivity index (χ3n) is 4.25. The highest BCUT2D eigenvalue weighted by atomic mass is 19.1. The van der Waals surface area contributed by atoms with E-state index in [-0.39, 0.29) is 5.82 Å². The molecule has 1 N–H and O–H groups in total. The van der Waals surface area contributed by atoms with Crippen molar-refractivity contribution in [1.82, 2.24) is 10.2 Å². The number of benzene rings is 1. The van der Waals surface area contributed by atoms with Crippen LogP contribution in [0.2, 0.25) is 0 Å². The Balaban J connectivity index is 1.58. The van der Waals surface area contributed by atoms with Gasteiger partial charge in [0.2, 0.25) is 0 Å². The molecule has 0 aromatic heterocycles. The summed E-state index contributed by atoms with van der Waals surface area (Å²) >= 11 is 0. The molecule has 0 unspecified atom stereocenters. The zero-order valence-corrected chi connectivity index (χ0v) is 11.2. The SMILES string of the molecule is Fc1ccc(/C=C/CN2C[C@@H]3CC[C@H]2CNC3)cc1. The molecule has 4 rings (SSSR count). The van der Waals surface area contributed by atoms with Gasteiger partial charge in [-0.2, -0.15) is 0 Å². The Bertz CT molecular complexity index is 437. The summed E-state index contributed by atoms with van der Waals surface area (Å²) in [5.41, 5.74) is 1.07. The Morgan fingerprint density at radius 3 is 2.89 bits per heavy atom. The second kappa shape index (κ2) is 5.85. The third kappa shape index (κ3) is 3.23. The van der Waals surface area contributed by atoms with E-state index < -0.39 is 0 Å².